The average molecular weight is 411 g/mol. The Hall–Kier alpha value is -2.94. The van der Waals surface area contributed by atoms with Crippen molar-refractivity contribution in [2.45, 2.75) is 25.5 Å². The summed E-state index contributed by atoms with van der Waals surface area (Å²) >= 11 is 0. The van der Waals surface area contributed by atoms with E-state index in [1.54, 1.807) is 29.2 Å². The van der Waals surface area contributed by atoms with Gasteiger partial charge in [0.15, 0.2) is 6.61 Å². The quantitative estimate of drug-likeness (QED) is 0.758. The minimum Gasteiger partial charge on any atom is -0.489 e. The van der Waals surface area contributed by atoms with Crippen LogP contribution in [0.1, 0.15) is 12.0 Å². The summed E-state index contributed by atoms with van der Waals surface area (Å²) < 4.78 is 51.6. The third-order valence-electron chi connectivity index (χ3n) is 4.33. The number of ether oxygens (including phenoxy) is 3. The lowest BCUT2D eigenvalue weighted by atomic mass is 10.2. The fourth-order valence-electron chi connectivity index (χ4n) is 2.89. The number of amides is 1. The molecule has 1 saturated heterocycles. The van der Waals surface area contributed by atoms with Crippen molar-refractivity contribution in [2.75, 3.05) is 19.7 Å². The number of halogens is 3. The van der Waals surface area contributed by atoms with Crippen LogP contribution in [0.4, 0.5) is 13.2 Å². The maximum atomic E-state index is 12.3. The summed E-state index contributed by atoms with van der Waals surface area (Å²) in [4.78, 5) is 13.9. The predicted octanol–water partition coefficient (Wildman–Crippen LogP) is 3.14. The topological polar surface area (TPSA) is 68.2 Å². The fourth-order valence-corrected chi connectivity index (χ4v) is 2.89. The fraction of sp³-hybridized carbons (Fsp3) is 0.350. The Morgan fingerprint density at radius 3 is 2.28 bits per heavy atom. The number of nitrogens with zero attached hydrogens (tertiary/aromatic N) is 1. The van der Waals surface area contributed by atoms with Gasteiger partial charge < -0.3 is 24.2 Å². The van der Waals surface area contributed by atoms with Gasteiger partial charge >= 0.3 is 6.36 Å². The lowest BCUT2D eigenvalue weighted by Gasteiger charge is -2.18. The SMILES string of the molecule is O=C(COc1ccc(CO)cc1)N1CCC(Oc2ccc(OC(F)(F)F)cc2)C1. The Kier molecular flexibility index (Phi) is 6.48. The summed E-state index contributed by atoms with van der Waals surface area (Å²) in [6.45, 7) is 0.694. The number of carbonyl (C=O) groups is 1. The summed E-state index contributed by atoms with van der Waals surface area (Å²) in [5, 5.41) is 9.01. The molecule has 2 aromatic rings. The molecule has 0 spiro atoms. The van der Waals surface area contributed by atoms with Gasteiger partial charge in [-0.05, 0) is 42.0 Å². The second-order valence-corrected chi connectivity index (χ2v) is 6.48. The lowest BCUT2D eigenvalue weighted by molar-refractivity contribution is -0.274. The molecule has 3 rings (SSSR count). The third-order valence-corrected chi connectivity index (χ3v) is 4.33. The van der Waals surface area contributed by atoms with Gasteiger partial charge in [-0.15, -0.1) is 13.2 Å². The van der Waals surface area contributed by atoms with E-state index in [2.05, 4.69) is 4.74 Å². The van der Waals surface area contributed by atoms with Gasteiger partial charge in [0.05, 0.1) is 13.2 Å². The molecule has 9 heteroatoms. The Morgan fingerprint density at radius 2 is 1.66 bits per heavy atom. The van der Waals surface area contributed by atoms with Gasteiger partial charge in [-0.3, -0.25) is 4.79 Å². The standard InChI is InChI=1S/C20H20F3NO5/c21-20(22,23)29-17-7-5-16(6-8-17)28-18-9-10-24(11-18)19(26)13-27-15-3-1-14(12-25)2-4-15/h1-8,18,25H,9-13H2. The molecule has 1 N–H and O–H groups in total. The van der Waals surface area contributed by atoms with Crippen LogP contribution in [0.2, 0.25) is 0 Å². The number of alkyl halides is 3. The molecule has 0 aliphatic carbocycles. The number of carbonyl (C=O) groups excluding carboxylic acids is 1. The van der Waals surface area contributed by atoms with Gasteiger partial charge in [-0.1, -0.05) is 12.1 Å². The Balaban J connectivity index is 1.44. The summed E-state index contributed by atoms with van der Waals surface area (Å²) in [7, 11) is 0. The highest BCUT2D eigenvalue weighted by Crippen LogP contribution is 2.26. The second kappa shape index (κ2) is 9.04. The van der Waals surface area contributed by atoms with E-state index in [1.807, 2.05) is 0 Å². The van der Waals surface area contributed by atoms with Gasteiger partial charge in [-0.2, -0.15) is 0 Å². The molecular formula is C20H20F3NO5. The van der Waals surface area contributed by atoms with Crippen molar-refractivity contribution in [3.8, 4) is 17.2 Å². The molecule has 1 unspecified atom stereocenters. The molecule has 1 aliphatic rings. The Morgan fingerprint density at radius 1 is 1.03 bits per heavy atom. The maximum Gasteiger partial charge on any atom is 0.573 e. The van der Waals surface area contributed by atoms with Crippen molar-refractivity contribution < 1.29 is 37.3 Å². The summed E-state index contributed by atoms with van der Waals surface area (Å²) in [5.41, 5.74) is 0.751. The van der Waals surface area contributed by atoms with Crippen LogP contribution >= 0.6 is 0 Å². The average Bonchev–Trinajstić information content (AvgIpc) is 3.15. The minimum absolute atomic E-state index is 0.0630. The molecule has 0 bridgehead atoms. The van der Waals surface area contributed by atoms with Gasteiger partial charge in [0, 0.05) is 13.0 Å². The zero-order valence-electron chi connectivity index (χ0n) is 15.4. The molecule has 0 radical (unpaired) electrons. The van der Waals surface area contributed by atoms with Crippen LogP contribution in [0.15, 0.2) is 48.5 Å². The molecule has 2 aromatic carbocycles. The van der Waals surface area contributed by atoms with E-state index in [4.69, 9.17) is 14.6 Å². The monoisotopic (exact) mass is 411 g/mol. The zero-order chi connectivity index (χ0) is 20.9. The normalized spacial score (nSPS) is 16.6. The first kappa shape index (κ1) is 20.8. The predicted molar refractivity (Wildman–Crippen MR) is 96.6 cm³/mol. The largest absolute Gasteiger partial charge is 0.573 e. The van der Waals surface area contributed by atoms with E-state index < -0.39 is 6.36 Å². The third kappa shape index (κ3) is 6.28. The van der Waals surface area contributed by atoms with Crippen LogP contribution in [-0.2, 0) is 11.4 Å². The van der Waals surface area contributed by atoms with E-state index in [9.17, 15) is 18.0 Å². The molecular weight excluding hydrogens is 391 g/mol. The number of rotatable bonds is 7. The lowest BCUT2D eigenvalue weighted by Crippen LogP contribution is -2.34. The number of aliphatic hydroxyl groups is 1. The summed E-state index contributed by atoms with van der Waals surface area (Å²) in [5.74, 6) is 0.427. The molecule has 6 nitrogen and oxygen atoms in total. The van der Waals surface area contributed by atoms with Crippen LogP contribution in [0.3, 0.4) is 0 Å². The van der Waals surface area contributed by atoms with Crippen LogP contribution in [-0.4, -0.2) is 48.1 Å². The number of benzene rings is 2. The van der Waals surface area contributed by atoms with Crippen molar-refractivity contribution in [3.05, 3.63) is 54.1 Å². The Labute approximate surface area is 165 Å². The van der Waals surface area contributed by atoms with Crippen LogP contribution < -0.4 is 14.2 Å². The van der Waals surface area contributed by atoms with Crippen LogP contribution in [0.25, 0.3) is 0 Å². The molecule has 0 aromatic heterocycles. The van der Waals surface area contributed by atoms with E-state index in [-0.39, 0.29) is 31.0 Å². The van der Waals surface area contributed by atoms with Crippen LogP contribution in [0, 0.1) is 0 Å². The molecule has 1 aliphatic heterocycles. The van der Waals surface area contributed by atoms with Gasteiger partial charge in [0.1, 0.15) is 23.4 Å². The highest BCUT2D eigenvalue weighted by atomic mass is 19.4. The molecule has 1 heterocycles. The first-order chi connectivity index (χ1) is 13.8. The number of aliphatic hydroxyl groups excluding tert-OH is 1. The smallest absolute Gasteiger partial charge is 0.489 e. The highest BCUT2D eigenvalue weighted by Gasteiger charge is 2.31. The maximum absolute atomic E-state index is 12.3. The van der Waals surface area contributed by atoms with E-state index in [0.29, 0.717) is 31.0 Å². The second-order valence-electron chi connectivity index (χ2n) is 6.48. The van der Waals surface area contributed by atoms with Crippen molar-refractivity contribution in [1.82, 2.24) is 4.90 Å². The highest BCUT2D eigenvalue weighted by molar-refractivity contribution is 5.78. The van der Waals surface area contributed by atoms with Crippen LogP contribution in [0.5, 0.6) is 17.2 Å². The van der Waals surface area contributed by atoms with Crippen molar-refractivity contribution >= 4 is 5.91 Å². The number of hydrogen-bond acceptors (Lipinski definition) is 5. The first-order valence-corrected chi connectivity index (χ1v) is 8.95. The molecule has 1 amide bonds. The number of likely N-dealkylation sites (tertiary alicyclic amines) is 1. The van der Waals surface area contributed by atoms with E-state index in [0.717, 1.165) is 5.56 Å². The summed E-state index contributed by atoms with van der Waals surface area (Å²) in [6.07, 6.45) is -4.38. The van der Waals surface area contributed by atoms with Crippen molar-refractivity contribution in [3.63, 3.8) is 0 Å². The minimum atomic E-state index is -4.74. The summed E-state index contributed by atoms with van der Waals surface area (Å²) in [6, 6.07) is 11.9. The zero-order valence-corrected chi connectivity index (χ0v) is 15.4. The van der Waals surface area contributed by atoms with Crippen molar-refractivity contribution in [1.29, 1.82) is 0 Å². The van der Waals surface area contributed by atoms with Gasteiger partial charge in [-0.25, -0.2) is 0 Å². The first-order valence-electron chi connectivity index (χ1n) is 8.95. The molecule has 1 atom stereocenters. The molecule has 1 fully saturated rings. The van der Waals surface area contributed by atoms with Crippen molar-refractivity contribution in [2.24, 2.45) is 0 Å². The molecule has 0 saturated carbocycles. The Bertz CT molecular complexity index is 808. The van der Waals surface area contributed by atoms with E-state index >= 15 is 0 Å². The number of hydrogen-bond donors (Lipinski definition) is 1. The molecule has 29 heavy (non-hydrogen) atoms. The van der Waals surface area contributed by atoms with Gasteiger partial charge in [0.2, 0.25) is 0 Å². The van der Waals surface area contributed by atoms with E-state index in [1.165, 1.54) is 24.3 Å². The van der Waals surface area contributed by atoms with Gasteiger partial charge in [0.25, 0.3) is 5.91 Å². The molecule has 156 valence electrons.